The minimum Gasteiger partial charge on any atom is -0.481 e. The summed E-state index contributed by atoms with van der Waals surface area (Å²) in [5.74, 6) is -0.562. The summed E-state index contributed by atoms with van der Waals surface area (Å²) in [6, 6.07) is 4.49. The molecule has 1 aromatic rings. The van der Waals surface area contributed by atoms with E-state index in [-0.39, 0.29) is 24.3 Å². The van der Waals surface area contributed by atoms with Crippen LogP contribution >= 0.6 is 15.9 Å². The van der Waals surface area contributed by atoms with E-state index in [9.17, 15) is 9.18 Å². The highest BCUT2D eigenvalue weighted by Gasteiger charge is 2.21. The van der Waals surface area contributed by atoms with Crippen molar-refractivity contribution in [1.82, 2.24) is 4.90 Å². The molecule has 104 valence electrons. The molecule has 2 N–H and O–H groups in total. The Morgan fingerprint density at radius 1 is 1.58 bits per heavy atom. The Morgan fingerprint density at radius 2 is 2.37 bits per heavy atom. The van der Waals surface area contributed by atoms with E-state index in [2.05, 4.69) is 15.9 Å². The van der Waals surface area contributed by atoms with Crippen LogP contribution in [0.5, 0.6) is 5.75 Å². The minimum absolute atomic E-state index is 0.0297. The maximum absolute atomic E-state index is 13.5. The third-order valence-electron chi connectivity index (χ3n) is 3.06. The SMILES string of the molecule is N[C@H]1CCCN(C(=O)COc2ccc(Br)cc2F)C1. The van der Waals surface area contributed by atoms with Gasteiger partial charge in [-0.05, 0) is 31.0 Å². The summed E-state index contributed by atoms with van der Waals surface area (Å²) < 4.78 is 19.3. The maximum atomic E-state index is 13.5. The molecule has 0 bridgehead atoms. The minimum atomic E-state index is -0.488. The van der Waals surface area contributed by atoms with Crippen molar-refractivity contribution >= 4 is 21.8 Å². The van der Waals surface area contributed by atoms with Crippen LogP contribution in [0.2, 0.25) is 0 Å². The summed E-state index contributed by atoms with van der Waals surface area (Å²) in [6.45, 7) is 1.08. The molecule has 19 heavy (non-hydrogen) atoms. The van der Waals surface area contributed by atoms with Gasteiger partial charge in [-0.3, -0.25) is 4.79 Å². The van der Waals surface area contributed by atoms with E-state index >= 15 is 0 Å². The molecule has 4 nitrogen and oxygen atoms in total. The van der Waals surface area contributed by atoms with Crippen molar-refractivity contribution in [3.63, 3.8) is 0 Å². The number of halogens is 2. The van der Waals surface area contributed by atoms with Crippen molar-refractivity contribution in [3.8, 4) is 5.75 Å². The number of hydrogen-bond donors (Lipinski definition) is 1. The van der Waals surface area contributed by atoms with Gasteiger partial charge in [-0.1, -0.05) is 15.9 Å². The van der Waals surface area contributed by atoms with Crippen LogP contribution in [0.3, 0.4) is 0 Å². The molecule has 1 fully saturated rings. The Kier molecular flexibility index (Phi) is 4.76. The fourth-order valence-corrected chi connectivity index (χ4v) is 2.39. The second kappa shape index (κ2) is 6.34. The van der Waals surface area contributed by atoms with Crippen LogP contribution in [0.4, 0.5) is 4.39 Å². The van der Waals surface area contributed by atoms with Crippen LogP contribution < -0.4 is 10.5 Å². The Hall–Kier alpha value is -1.14. The number of rotatable bonds is 3. The van der Waals surface area contributed by atoms with Crippen molar-refractivity contribution in [2.24, 2.45) is 5.73 Å². The number of nitrogens with zero attached hydrogens (tertiary/aromatic N) is 1. The summed E-state index contributed by atoms with van der Waals surface area (Å²) in [5.41, 5.74) is 5.81. The van der Waals surface area contributed by atoms with Crippen LogP contribution in [0.1, 0.15) is 12.8 Å². The summed E-state index contributed by atoms with van der Waals surface area (Å²) in [5, 5.41) is 0. The maximum Gasteiger partial charge on any atom is 0.260 e. The van der Waals surface area contributed by atoms with E-state index in [0.717, 1.165) is 12.8 Å². The van der Waals surface area contributed by atoms with E-state index in [1.54, 1.807) is 11.0 Å². The Morgan fingerprint density at radius 3 is 3.05 bits per heavy atom. The van der Waals surface area contributed by atoms with E-state index in [0.29, 0.717) is 17.6 Å². The number of likely N-dealkylation sites (tertiary alicyclic amines) is 1. The predicted octanol–water partition coefficient (Wildman–Crippen LogP) is 1.92. The van der Waals surface area contributed by atoms with Gasteiger partial charge in [0, 0.05) is 23.6 Å². The highest BCUT2D eigenvalue weighted by molar-refractivity contribution is 9.10. The molecule has 1 atom stereocenters. The molecule has 2 rings (SSSR count). The molecule has 1 aromatic carbocycles. The summed E-state index contributed by atoms with van der Waals surface area (Å²) >= 11 is 3.16. The smallest absolute Gasteiger partial charge is 0.260 e. The number of carbonyl (C=O) groups excluding carboxylic acids is 1. The van der Waals surface area contributed by atoms with Crippen molar-refractivity contribution in [2.45, 2.75) is 18.9 Å². The predicted molar refractivity (Wildman–Crippen MR) is 73.4 cm³/mol. The quantitative estimate of drug-likeness (QED) is 0.921. The standard InChI is InChI=1S/C13H16BrFN2O2/c14-9-3-4-12(11(15)6-9)19-8-13(18)17-5-1-2-10(16)7-17/h3-4,6,10H,1-2,5,7-8,16H2/t10-/m0/s1. The Balaban J connectivity index is 1.89. The first-order chi connectivity index (χ1) is 9.06. The van der Waals surface area contributed by atoms with Crippen LogP contribution in [0.25, 0.3) is 0 Å². The second-order valence-corrected chi connectivity index (χ2v) is 5.52. The lowest BCUT2D eigenvalue weighted by Crippen LogP contribution is -2.47. The Labute approximate surface area is 119 Å². The van der Waals surface area contributed by atoms with Crippen molar-refractivity contribution in [1.29, 1.82) is 0 Å². The molecule has 6 heteroatoms. The largest absolute Gasteiger partial charge is 0.481 e. The molecule has 0 radical (unpaired) electrons. The Bertz CT molecular complexity index is 470. The number of hydrogen-bond acceptors (Lipinski definition) is 3. The van der Waals surface area contributed by atoms with Crippen molar-refractivity contribution in [2.75, 3.05) is 19.7 Å². The zero-order valence-corrected chi connectivity index (χ0v) is 12.0. The molecular weight excluding hydrogens is 315 g/mol. The van der Waals surface area contributed by atoms with E-state index in [1.807, 2.05) is 0 Å². The van der Waals surface area contributed by atoms with Gasteiger partial charge in [0.1, 0.15) is 0 Å². The summed E-state index contributed by atoms with van der Waals surface area (Å²) in [4.78, 5) is 13.6. The van der Waals surface area contributed by atoms with Gasteiger partial charge in [-0.15, -0.1) is 0 Å². The zero-order valence-electron chi connectivity index (χ0n) is 10.4. The number of benzene rings is 1. The fourth-order valence-electron chi connectivity index (χ4n) is 2.06. The van der Waals surface area contributed by atoms with Crippen LogP contribution in [-0.2, 0) is 4.79 Å². The fraction of sp³-hybridized carbons (Fsp3) is 0.462. The molecule has 0 spiro atoms. The molecule has 1 heterocycles. The molecular formula is C13H16BrFN2O2. The lowest BCUT2D eigenvalue weighted by Gasteiger charge is -2.30. The topological polar surface area (TPSA) is 55.6 Å². The van der Waals surface area contributed by atoms with Gasteiger partial charge in [0.25, 0.3) is 5.91 Å². The van der Waals surface area contributed by atoms with Gasteiger partial charge in [0.15, 0.2) is 18.2 Å². The number of nitrogens with two attached hydrogens (primary N) is 1. The van der Waals surface area contributed by atoms with Crippen LogP contribution in [0.15, 0.2) is 22.7 Å². The third-order valence-corrected chi connectivity index (χ3v) is 3.55. The number of ether oxygens (including phenoxy) is 1. The second-order valence-electron chi connectivity index (χ2n) is 4.61. The number of carbonyl (C=O) groups is 1. The first-order valence-corrected chi connectivity index (χ1v) is 6.97. The monoisotopic (exact) mass is 330 g/mol. The molecule has 1 amide bonds. The van der Waals surface area contributed by atoms with Crippen molar-refractivity contribution < 1.29 is 13.9 Å². The number of piperidine rings is 1. The first-order valence-electron chi connectivity index (χ1n) is 6.17. The van der Waals surface area contributed by atoms with Crippen LogP contribution in [-0.4, -0.2) is 36.5 Å². The lowest BCUT2D eigenvalue weighted by molar-refractivity contribution is -0.134. The molecule has 1 aliphatic heterocycles. The molecule has 0 saturated carbocycles. The molecule has 0 unspecified atom stereocenters. The first kappa shape index (κ1) is 14.3. The molecule has 1 saturated heterocycles. The van der Waals surface area contributed by atoms with Gasteiger partial charge in [-0.25, -0.2) is 4.39 Å². The normalized spacial score (nSPS) is 19.3. The third kappa shape index (κ3) is 3.91. The van der Waals surface area contributed by atoms with Gasteiger partial charge >= 0.3 is 0 Å². The van der Waals surface area contributed by atoms with Gasteiger partial charge in [0.2, 0.25) is 0 Å². The van der Waals surface area contributed by atoms with Gasteiger partial charge in [0.05, 0.1) is 0 Å². The van der Waals surface area contributed by atoms with E-state index in [4.69, 9.17) is 10.5 Å². The molecule has 1 aliphatic rings. The summed E-state index contributed by atoms with van der Waals surface area (Å²) in [7, 11) is 0. The molecule has 0 aromatic heterocycles. The van der Waals surface area contributed by atoms with Gasteiger partial charge < -0.3 is 15.4 Å². The van der Waals surface area contributed by atoms with Crippen LogP contribution in [0, 0.1) is 5.82 Å². The highest BCUT2D eigenvalue weighted by atomic mass is 79.9. The lowest BCUT2D eigenvalue weighted by atomic mass is 10.1. The molecule has 0 aliphatic carbocycles. The van der Waals surface area contributed by atoms with E-state index < -0.39 is 5.82 Å². The van der Waals surface area contributed by atoms with E-state index in [1.165, 1.54) is 12.1 Å². The highest BCUT2D eigenvalue weighted by Crippen LogP contribution is 2.21. The zero-order chi connectivity index (χ0) is 13.8. The number of amides is 1. The average Bonchev–Trinajstić information content (AvgIpc) is 2.37. The summed E-state index contributed by atoms with van der Waals surface area (Å²) in [6.07, 6.45) is 1.84. The van der Waals surface area contributed by atoms with Gasteiger partial charge in [-0.2, -0.15) is 0 Å². The van der Waals surface area contributed by atoms with Crippen molar-refractivity contribution in [3.05, 3.63) is 28.5 Å². The average molecular weight is 331 g/mol.